The second-order valence-electron chi connectivity index (χ2n) is 3.85. The van der Waals surface area contributed by atoms with Crippen molar-refractivity contribution < 1.29 is 0 Å². The smallest absolute Gasteiger partial charge is 0.187 e. The predicted molar refractivity (Wildman–Crippen MR) is 66.7 cm³/mol. The van der Waals surface area contributed by atoms with Crippen LogP contribution >= 0.6 is 12.2 Å². The summed E-state index contributed by atoms with van der Waals surface area (Å²) in [6.07, 6.45) is 8.52. The van der Waals surface area contributed by atoms with Crippen molar-refractivity contribution in [1.29, 1.82) is 0 Å². The molecule has 0 radical (unpaired) electrons. The minimum absolute atomic E-state index is 0.566. The molecule has 15 heavy (non-hydrogen) atoms. The number of nitrogens with one attached hydrogen (secondary N) is 2. The third kappa shape index (κ3) is 2.26. The number of hydrazone groups is 1. The number of fused-ring (bicyclic) bond motifs is 1. The molecule has 0 aromatic carbocycles. The van der Waals surface area contributed by atoms with E-state index in [-0.39, 0.29) is 0 Å². The van der Waals surface area contributed by atoms with E-state index in [4.69, 9.17) is 12.2 Å². The van der Waals surface area contributed by atoms with E-state index in [9.17, 15) is 0 Å². The first kappa shape index (κ1) is 10.4. The molecule has 2 N–H and O–H groups in total. The summed E-state index contributed by atoms with van der Waals surface area (Å²) in [6.45, 7) is 4.28. The molecule has 0 heterocycles. The third-order valence-corrected chi connectivity index (χ3v) is 3.11. The third-order valence-electron chi connectivity index (χ3n) is 2.87. The summed E-state index contributed by atoms with van der Waals surface area (Å²) in [7, 11) is 0. The summed E-state index contributed by atoms with van der Waals surface area (Å²) >= 11 is 5.04. The van der Waals surface area contributed by atoms with Gasteiger partial charge in [-0.1, -0.05) is 18.2 Å². The van der Waals surface area contributed by atoms with E-state index in [0.717, 1.165) is 18.8 Å². The monoisotopic (exact) mass is 221 g/mol. The Balaban J connectivity index is 1.75. The number of allylic oxidation sites excluding steroid dienone is 2. The summed E-state index contributed by atoms with van der Waals surface area (Å²) in [5, 5.41) is 7.86. The highest BCUT2D eigenvalue weighted by molar-refractivity contribution is 7.80. The van der Waals surface area contributed by atoms with Crippen molar-refractivity contribution in [3.63, 3.8) is 0 Å². The first-order chi connectivity index (χ1) is 7.31. The molecule has 0 unspecified atom stereocenters. The van der Waals surface area contributed by atoms with Crippen molar-refractivity contribution in [3.05, 3.63) is 24.8 Å². The van der Waals surface area contributed by atoms with Gasteiger partial charge in [0, 0.05) is 18.2 Å². The molecule has 0 saturated heterocycles. The summed E-state index contributed by atoms with van der Waals surface area (Å²) in [5.74, 6) is 1.37. The molecule has 0 spiro atoms. The van der Waals surface area contributed by atoms with Gasteiger partial charge in [-0.25, -0.2) is 0 Å². The lowest BCUT2D eigenvalue weighted by Crippen LogP contribution is -2.38. The second-order valence-corrected chi connectivity index (χ2v) is 4.26. The fourth-order valence-corrected chi connectivity index (χ4v) is 2.12. The predicted octanol–water partition coefficient (Wildman–Crippen LogP) is 1.59. The number of rotatable bonds is 3. The molecule has 0 bridgehead atoms. The van der Waals surface area contributed by atoms with Gasteiger partial charge in [-0.3, -0.25) is 5.43 Å². The number of nitrogens with zero attached hydrogens (tertiary/aromatic N) is 1. The minimum atomic E-state index is 0.566. The minimum Gasteiger partial charge on any atom is -0.358 e. The van der Waals surface area contributed by atoms with Crippen LogP contribution < -0.4 is 10.7 Å². The van der Waals surface area contributed by atoms with Gasteiger partial charge in [0.15, 0.2) is 5.11 Å². The molecule has 80 valence electrons. The maximum atomic E-state index is 5.04. The van der Waals surface area contributed by atoms with Crippen molar-refractivity contribution >= 4 is 23.0 Å². The Morgan fingerprint density at radius 2 is 2.60 bits per heavy atom. The highest BCUT2D eigenvalue weighted by atomic mass is 32.1. The molecule has 0 aromatic rings. The first-order valence-corrected chi connectivity index (χ1v) is 5.60. The van der Waals surface area contributed by atoms with Crippen molar-refractivity contribution in [2.45, 2.75) is 12.8 Å². The van der Waals surface area contributed by atoms with Gasteiger partial charge in [0.25, 0.3) is 0 Å². The van der Waals surface area contributed by atoms with Crippen LogP contribution in [-0.4, -0.2) is 17.4 Å². The van der Waals surface area contributed by atoms with Crippen LogP contribution in [0.3, 0.4) is 0 Å². The number of hydrogen-bond acceptors (Lipinski definition) is 2. The van der Waals surface area contributed by atoms with E-state index in [1.54, 1.807) is 6.08 Å². The van der Waals surface area contributed by atoms with E-state index in [1.807, 2.05) is 0 Å². The fourth-order valence-electron chi connectivity index (χ4n) is 1.99. The van der Waals surface area contributed by atoms with E-state index < -0.39 is 0 Å². The Kier molecular flexibility index (Phi) is 3.16. The Hall–Kier alpha value is -1.16. The highest BCUT2D eigenvalue weighted by Crippen LogP contribution is 2.39. The first-order valence-electron chi connectivity index (χ1n) is 5.19. The average molecular weight is 221 g/mol. The summed E-state index contributed by atoms with van der Waals surface area (Å²) < 4.78 is 0. The quantitative estimate of drug-likeness (QED) is 0.432. The van der Waals surface area contributed by atoms with Crippen molar-refractivity contribution in [3.8, 4) is 0 Å². The molecule has 2 aliphatic carbocycles. The van der Waals surface area contributed by atoms with Gasteiger partial charge in [-0.15, -0.1) is 6.58 Å². The average Bonchev–Trinajstić information content (AvgIpc) is 2.57. The standard InChI is InChI=1S/C11H15N3S/c1-2-6-12-11(15)14-13-10-7-8-4-3-5-9(8)10/h2-4,8-9H,1,5-7H2,(H2,12,14,15)/b13-10-/t8-,9-/m0/s1. The van der Waals surface area contributed by atoms with E-state index >= 15 is 0 Å². The lowest BCUT2D eigenvalue weighted by atomic mass is 9.74. The maximum Gasteiger partial charge on any atom is 0.187 e. The van der Waals surface area contributed by atoms with Gasteiger partial charge < -0.3 is 5.32 Å². The van der Waals surface area contributed by atoms with Crippen LogP contribution in [0.4, 0.5) is 0 Å². The molecule has 2 rings (SSSR count). The molecule has 0 aromatic heterocycles. The Morgan fingerprint density at radius 1 is 1.73 bits per heavy atom. The zero-order valence-electron chi connectivity index (χ0n) is 8.57. The van der Waals surface area contributed by atoms with Crippen LogP contribution in [0.5, 0.6) is 0 Å². The summed E-state index contributed by atoms with van der Waals surface area (Å²) in [4.78, 5) is 0. The van der Waals surface area contributed by atoms with Gasteiger partial charge in [0.1, 0.15) is 0 Å². The maximum absolute atomic E-state index is 5.04. The van der Waals surface area contributed by atoms with Crippen LogP contribution in [0, 0.1) is 11.8 Å². The normalized spacial score (nSPS) is 29.5. The molecule has 1 fully saturated rings. The number of thiocarbonyl (C=S) groups is 1. The SMILES string of the molecule is C=CCNC(=S)N/N=C1/C[C@@H]2C=CC[C@H]12. The molecule has 2 aliphatic rings. The lowest BCUT2D eigenvalue weighted by Gasteiger charge is -2.31. The van der Waals surface area contributed by atoms with Crippen LogP contribution in [-0.2, 0) is 0 Å². The molecule has 2 atom stereocenters. The van der Waals surface area contributed by atoms with Gasteiger partial charge in [0.2, 0.25) is 0 Å². The van der Waals surface area contributed by atoms with Crippen molar-refractivity contribution in [1.82, 2.24) is 10.7 Å². The molecule has 4 heteroatoms. The molecule has 1 saturated carbocycles. The molecule has 3 nitrogen and oxygen atoms in total. The topological polar surface area (TPSA) is 36.4 Å². The van der Waals surface area contributed by atoms with E-state index in [2.05, 4.69) is 34.6 Å². The van der Waals surface area contributed by atoms with E-state index in [0.29, 0.717) is 17.6 Å². The molecule has 0 amide bonds. The summed E-state index contributed by atoms with van der Waals surface area (Å²) in [6, 6.07) is 0. The van der Waals surface area contributed by atoms with E-state index in [1.165, 1.54) is 5.71 Å². The van der Waals surface area contributed by atoms with Crippen LogP contribution in [0.1, 0.15) is 12.8 Å². The van der Waals surface area contributed by atoms with Gasteiger partial charge in [-0.2, -0.15) is 5.10 Å². The molecular weight excluding hydrogens is 206 g/mol. The van der Waals surface area contributed by atoms with Gasteiger partial charge in [-0.05, 0) is 31.0 Å². The Morgan fingerprint density at radius 3 is 3.33 bits per heavy atom. The number of hydrogen-bond donors (Lipinski definition) is 2. The fraction of sp³-hybridized carbons (Fsp3) is 0.455. The summed E-state index contributed by atoms with van der Waals surface area (Å²) in [5.41, 5.74) is 4.11. The largest absolute Gasteiger partial charge is 0.358 e. The highest BCUT2D eigenvalue weighted by Gasteiger charge is 2.37. The van der Waals surface area contributed by atoms with Gasteiger partial charge in [0.05, 0.1) is 0 Å². The van der Waals surface area contributed by atoms with Gasteiger partial charge >= 0.3 is 0 Å². The van der Waals surface area contributed by atoms with Crippen LogP contribution in [0.15, 0.2) is 29.9 Å². The van der Waals surface area contributed by atoms with Crippen molar-refractivity contribution in [2.75, 3.05) is 6.54 Å². The van der Waals surface area contributed by atoms with Crippen LogP contribution in [0.25, 0.3) is 0 Å². The second kappa shape index (κ2) is 4.57. The molecule has 0 aliphatic heterocycles. The van der Waals surface area contributed by atoms with Crippen LogP contribution in [0.2, 0.25) is 0 Å². The zero-order chi connectivity index (χ0) is 10.7. The molecular formula is C11H15N3S. The lowest BCUT2D eigenvalue weighted by molar-refractivity contribution is 0.463. The Labute approximate surface area is 95.3 Å². The Bertz CT molecular complexity index is 333. The van der Waals surface area contributed by atoms with Crippen molar-refractivity contribution in [2.24, 2.45) is 16.9 Å². The zero-order valence-corrected chi connectivity index (χ0v) is 9.39.